The summed E-state index contributed by atoms with van der Waals surface area (Å²) >= 11 is 1.75. The van der Waals surface area contributed by atoms with E-state index in [1.54, 1.807) is 30.8 Å². The van der Waals surface area contributed by atoms with E-state index in [1.807, 2.05) is 19.2 Å². The van der Waals surface area contributed by atoms with Gasteiger partial charge in [-0.2, -0.15) is 0 Å². The highest BCUT2D eigenvalue weighted by Crippen LogP contribution is 2.58. The average molecular weight is 428 g/mol. The monoisotopic (exact) mass is 427 g/mol. The zero-order valence-electron chi connectivity index (χ0n) is 17.0. The highest BCUT2D eigenvalue weighted by Gasteiger charge is 2.38. The van der Waals surface area contributed by atoms with E-state index in [2.05, 4.69) is 40.1 Å². The molecule has 4 rings (SSSR count). The maximum atomic E-state index is 13.8. The molecule has 152 valence electrons. The molecule has 3 atom stereocenters. The normalized spacial score (nSPS) is 23.1. The summed E-state index contributed by atoms with van der Waals surface area (Å²) in [6.45, 7) is 4.10. The van der Waals surface area contributed by atoms with Crippen molar-refractivity contribution in [2.24, 2.45) is 10.9 Å². The first-order valence-corrected chi connectivity index (χ1v) is 12.9. The van der Waals surface area contributed by atoms with Crippen molar-refractivity contribution in [3.63, 3.8) is 0 Å². The third kappa shape index (κ3) is 4.59. The Kier molecular flexibility index (Phi) is 5.84. The molecule has 7 heteroatoms. The minimum atomic E-state index is -2.32. The van der Waals surface area contributed by atoms with Gasteiger partial charge in [0.1, 0.15) is 5.75 Å². The van der Waals surface area contributed by atoms with Crippen LogP contribution in [0.5, 0.6) is 5.75 Å². The summed E-state index contributed by atoms with van der Waals surface area (Å²) in [4.78, 5) is 14.4. The van der Waals surface area contributed by atoms with E-state index in [1.165, 1.54) is 15.0 Å². The van der Waals surface area contributed by atoms with Crippen molar-refractivity contribution in [2.45, 2.75) is 32.3 Å². The molecule has 0 radical (unpaired) electrons. The van der Waals surface area contributed by atoms with Crippen molar-refractivity contribution in [1.82, 2.24) is 9.97 Å². The Morgan fingerprint density at radius 2 is 2.21 bits per heavy atom. The molecule has 5 nitrogen and oxygen atoms in total. The van der Waals surface area contributed by atoms with Crippen LogP contribution < -0.4 is 4.74 Å². The lowest BCUT2D eigenvalue weighted by Gasteiger charge is -2.20. The smallest absolute Gasteiger partial charge is 0.170 e. The Morgan fingerprint density at radius 3 is 2.90 bits per heavy atom. The zero-order chi connectivity index (χ0) is 20.4. The third-order valence-electron chi connectivity index (χ3n) is 5.56. The molecule has 1 saturated heterocycles. The van der Waals surface area contributed by atoms with Crippen molar-refractivity contribution in [1.29, 1.82) is 0 Å². The molecule has 0 N–H and O–H groups in total. The first kappa shape index (κ1) is 20.2. The lowest BCUT2D eigenvalue weighted by atomic mass is 10.2. The maximum Gasteiger partial charge on any atom is 0.170 e. The van der Waals surface area contributed by atoms with Crippen LogP contribution in [0.2, 0.25) is 0 Å². The minimum Gasteiger partial charge on any atom is -0.497 e. The number of aliphatic imine (C=N–C) groups is 1. The van der Waals surface area contributed by atoms with Gasteiger partial charge in [0.25, 0.3) is 0 Å². The fraction of sp³-hybridized carbons (Fsp3) is 0.409. The predicted octanol–water partition coefficient (Wildman–Crippen LogP) is 5.72. The van der Waals surface area contributed by atoms with E-state index < -0.39 is 7.14 Å². The van der Waals surface area contributed by atoms with E-state index in [9.17, 15) is 4.57 Å². The van der Waals surface area contributed by atoms with Crippen molar-refractivity contribution in [2.75, 3.05) is 19.4 Å². The van der Waals surface area contributed by atoms with Gasteiger partial charge in [-0.3, -0.25) is 4.98 Å². The number of benzene rings is 1. The fourth-order valence-electron chi connectivity index (χ4n) is 3.91. The molecule has 1 aliphatic heterocycles. The van der Waals surface area contributed by atoms with E-state index >= 15 is 0 Å². The lowest BCUT2D eigenvalue weighted by Crippen LogP contribution is -2.15. The second-order valence-corrected chi connectivity index (χ2v) is 12.5. The number of ether oxygens (including phenoxy) is 1. The first-order chi connectivity index (χ1) is 13.9. The zero-order valence-corrected chi connectivity index (χ0v) is 18.7. The summed E-state index contributed by atoms with van der Waals surface area (Å²) in [5.41, 5.74) is 0.795. The van der Waals surface area contributed by atoms with E-state index in [4.69, 9.17) is 4.74 Å². The molecule has 0 bridgehead atoms. The predicted molar refractivity (Wildman–Crippen MR) is 122 cm³/mol. The van der Waals surface area contributed by atoms with Crippen LogP contribution in [0.15, 0.2) is 41.7 Å². The molecule has 0 amide bonds. The maximum absolute atomic E-state index is 13.8. The summed E-state index contributed by atoms with van der Waals surface area (Å²) in [6.07, 6.45) is 8.65. The van der Waals surface area contributed by atoms with Gasteiger partial charge in [0.15, 0.2) is 5.82 Å². The molecule has 3 heterocycles. The Hall–Kier alpha value is -2.04. The van der Waals surface area contributed by atoms with Crippen molar-refractivity contribution < 1.29 is 9.30 Å². The van der Waals surface area contributed by atoms with Gasteiger partial charge in [0.05, 0.1) is 38.0 Å². The van der Waals surface area contributed by atoms with Gasteiger partial charge in [-0.1, -0.05) is 6.92 Å². The van der Waals surface area contributed by atoms with Crippen LogP contribution in [0.25, 0.3) is 10.1 Å². The van der Waals surface area contributed by atoms with Crippen molar-refractivity contribution in [3.8, 4) is 5.75 Å². The van der Waals surface area contributed by atoms with Crippen LogP contribution in [0.4, 0.5) is 5.82 Å². The molecule has 0 aliphatic carbocycles. The fourth-order valence-corrected chi connectivity index (χ4v) is 8.92. The molecule has 3 aromatic rings. The second kappa shape index (κ2) is 8.37. The van der Waals surface area contributed by atoms with E-state index in [0.717, 1.165) is 36.6 Å². The standard InChI is InChI=1S/C22H26N3O2PS/c1-15-6-7-28(26,14-15)19(12-25-22-13-23-16(2)11-24-22)10-20-8-17-4-5-18(27-3)9-21(17)29-20/h4-5,8-9,11-13,15,19H,6-7,10,14H2,1-3H3/t15-,19?,28?/m1/s1. The number of thiophene rings is 1. The number of fused-ring (bicyclic) bond motifs is 1. The third-order valence-corrected chi connectivity index (χ3v) is 10.5. The van der Waals surface area contributed by atoms with E-state index in [-0.39, 0.29) is 5.66 Å². The molecule has 29 heavy (non-hydrogen) atoms. The van der Waals surface area contributed by atoms with Crippen LogP contribution in [0.3, 0.4) is 0 Å². The quantitative estimate of drug-likeness (QED) is 0.372. The molecule has 1 aliphatic rings. The number of rotatable bonds is 6. The molecule has 0 spiro atoms. The molecular weight excluding hydrogens is 401 g/mol. The van der Waals surface area contributed by atoms with Gasteiger partial charge in [-0.05, 0) is 55.3 Å². The van der Waals surface area contributed by atoms with Crippen molar-refractivity contribution in [3.05, 3.63) is 47.2 Å². The number of methoxy groups -OCH3 is 1. The first-order valence-electron chi connectivity index (χ1n) is 9.92. The van der Waals surface area contributed by atoms with E-state index in [0.29, 0.717) is 11.7 Å². The van der Waals surface area contributed by atoms with Crippen molar-refractivity contribution >= 4 is 40.6 Å². The van der Waals surface area contributed by atoms with Gasteiger partial charge in [-0.15, -0.1) is 11.3 Å². The summed E-state index contributed by atoms with van der Waals surface area (Å²) in [5, 5.41) is 1.20. The van der Waals surface area contributed by atoms with Gasteiger partial charge in [0, 0.05) is 28.1 Å². The molecule has 1 fully saturated rings. The Bertz CT molecular complexity index is 1080. The van der Waals surface area contributed by atoms with Crippen LogP contribution >= 0.6 is 18.5 Å². The number of hydrogen-bond donors (Lipinski definition) is 0. The van der Waals surface area contributed by atoms with Crippen LogP contribution in [0.1, 0.15) is 23.9 Å². The SMILES string of the molecule is COc1ccc2cc(CC(C=Nc3cnc(C)cn3)P3(=O)CC[C@@H](C)C3)sc2c1. The summed E-state index contributed by atoms with van der Waals surface area (Å²) < 4.78 is 20.3. The topological polar surface area (TPSA) is 64.4 Å². The highest BCUT2D eigenvalue weighted by molar-refractivity contribution is 7.65. The molecule has 2 unspecified atom stereocenters. The van der Waals surface area contributed by atoms with Gasteiger partial charge in [-0.25, -0.2) is 9.98 Å². The highest BCUT2D eigenvalue weighted by atomic mass is 32.1. The minimum absolute atomic E-state index is 0.0643. The second-order valence-electron chi connectivity index (χ2n) is 7.93. The van der Waals surface area contributed by atoms with Crippen LogP contribution in [-0.4, -0.2) is 41.3 Å². The van der Waals surface area contributed by atoms with Gasteiger partial charge in [0.2, 0.25) is 0 Å². The summed E-state index contributed by atoms with van der Waals surface area (Å²) in [5.74, 6) is 1.95. The van der Waals surface area contributed by atoms with Crippen LogP contribution in [-0.2, 0) is 11.0 Å². The lowest BCUT2D eigenvalue weighted by molar-refractivity contribution is 0.415. The molecular formula is C22H26N3O2PS. The Labute approximate surface area is 175 Å². The Balaban J connectivity index is 1.63. The van der Waals surface area contributed by atoms with Gasteiger partial charge < -0.3 is 9.30 Å². The molecule has 0 saturated carbocycles. The largest absolute Gasteiger partial charge is 0.497 e. The molecule has 1 aromatic carbocycles. The molecule has 2 aromatic heterocycles. The number of nitrogens with zero attached hydrogens (tertiary/aromatic N) is 3. The average Bonchev–Trinajstić information content (AvgIpc) is 3.28. The number of aromatic nitrogens is 2. The summed E-state index contributed by atoms with van der Waals surface area (Å²) in [6, 6.07) is 8.33. The summed E-state index contributed by atoms with van der Waals surface area (Å²) in [7, 11) is -0.639. The number of hydrogen-bond acceptors (Lipinski definition) is 6. The van der Waals surface area contributed by atoms with Crippen LogP contribution in [0, 0.1) is 12.8 Å². The number of aryl methyl sites for hydroxylation is 1. The van der Waals surface area contributed by atoms with Gasteiger partial charge >= 0.3 is 0 Å². The Morgan fingerprint density at radius 1 is 1.34 bits per heavy atom.